The minimum atomic E-state index is -4.38. The largest absolute Gasteiger partial charge is 0.397 e. The van der Waals surface area contributed by atoms with E-state index >= 15 is 0 Å². The summed E-state index contributed by atoms with van der Waals surface area (Å²) < 4.78 is 39.7. The molecule has 1 aromatic heterocycles. The molecule has 31 heavy (non-hydrogen) atoms. The van der Waals surface area contributed by atoms with Crippen LogP contribution in [0.1, 0.15) is 48.4 Å². The van der Waals surface area contributed by atoms with Gasteiger partial charge in [0.25, 0.3) is 11.5 Å². The standard InChI is InChI=1S/C23H22F3N3O2/c1-14(15-9-11-17(12-10-15)22(2,3)23(24,25)26)27-21(31)18-13-19(30)29-20(28-18)16-7-5-4-6-8-16/h4-14H,1-3H3,(H,27,31)(H,28,29,30)/t14-/m1/s1. The molecule has 0 fully saturated rings. The third-order valence-corrected chi connectivity index (χ3v) is 5.21. The number of nitrogens with zero attached hydrogens (tertiary/aromatic N) is 1. The number of aromatic amines is 1. The van der Waals surface area contributed by atoms with Crippen LogP contribution in [-0.2, 0) is 5.41 Å². The Balaban J connectivity index is 1.78. The molecular formula is C23H22F3N3O2. The van der Waals surface area contributed by atoms with Crippen molar-refractivity contribution < 1.29 is 18.0 Å². The van der Waals surface area contributed by atoms with Crippen LogP contribution in [0.2, 0.25) is 0 Å². The predicted octanol–water partition coefficient (Wildman–Crippen LogP) is 4.77. The Bertz CT molecular complexity index is 1120. The van der Waals surface area contributed by atoms with E-state index in [1.165, 1.54) is 12.1 Å². The van der Waals surface area contributed by atoms with E-state index in [1.807, 2.05) is 6.07 Å². The fourth-order valence-corrected chi connectivity index (χ4v) is 3.01. The molecule has 0 aliphatic carbocycles. The molecule has 0 unspecified atom stereocenters. The smallest absolute Gasteiger partial charge is 0.344 e. The van der Waals surface area contributed by atoms with Gasteiger partial charge in [0.1, 0.15) is 11.5 Å². The fraction of sp³-hybridized carbons (Fsp3) is 0.261. The Morgan fingerprint density at radius 3 is 2.23 bits per heavy atom. The predicted molar refractivity (Wildman–Crippen MR) is 112 cm³/mol. The highest BCUT2D eigenvalue weighted by Crippen LogP contribution is 2.40. The molecule has 0 spiro atoms. The third-order valence-electron chi connectivity index (χ3n) is 5.21. The number of carbonyl (C=O) groups is 1. The van der Waals surface area contributed by atoms with Crippen LogP contribution in [-0.4, -0.2) is 22.1 Å². The number of alkyl halides is 3. The Morgan fingerprint density at radius 2 is 1.65 bits per heavy atom. The molecule has 0 bridgehead atoms. The van der Waals surface area contributed by atoms with Crippen LogP contribution < -0.4 is 10.9 Å². The number of halogens is 3. The summed E-state index contributed by atoms with van der Waals surface area (Å²) in [6, 6.07) is 15.4. The summed E-state index contributed by atoms with van der Waals surface area (Å²) in [5.41, 5.74) is -1.09. The summed E-state index contributed by atoms with van der Waals surface area (Å²) in [5.74, 6) is -0.292. The third kappa shape index (κ3) is 4.84. The first-order valence-electron chi connectivity index (χ1n) is 9.64. The van der Waals surface area contributed by atoms with E-state index in [0.717, 1.165) is 19.9 Å². The normalized spacial score (nSPS) is 13.0. The maximum atomic E-state index is 13.2. The molecule has 0 aliphatic heterocycles. The van der Waals surface area contributed by atoms with Gasteiger partial charge in [0, 0.05) is 11.6 Å². The van der Waals surface area contributed by atoms with Crippen molar-refractivity contribution in [1.29, 1.82) is 0 Å². The van der Waals surface area contributed by atoms with Crippen molar-refractivity contribution in [3.63, 3.8) is 0 Å². The van der Waals surface area contributed by atoms with Gasteiger partial charge in [-0.3, -0.25) is 9.59 Å². The average molecular weight is 429 g/mol. The minimum Gasteiger partial charge on any atom is -0.344 e. The molecule has 0 saturated heterocycles. The number of nitrogens with one attached hydrogen (secondary N) is 2. The summed E-state index contributed by atoms with van der Waals surface area (Å²) in [5, 5.41) is 2.73. The molecule has 2 aromatic carbocycles. The van der Waals surface area contributed by atoms with Crippen LogP contribution in [0.4, 0.5) is 13.2 Å². The van der Waals surface area contributed by atoms with Gasteiger partial charge in [-0.1, -0.05) is 54.6 Å². The number of rotatable bonds is 5. The number of H-pyrrole nitrogens is 1. The molecular weight excluding hydrogens is 407 g/mol. The number of carbonyl (C=O) groups excluding carboxylic acids is 1. The zero-order valence-electron chi connectivity index (χ0n) is 17.2. The van der Waals surface area contributed by atoms with Crippen molar-refractivity contribution in [2.24, 2.45) is 0 Å². The second kappa shape index (κ2) is 8.37. The van der Waals surface area contributed by atoms with E-state index in [4.69, 9.17) is 0 Å². The van der Waals surface area contributed by atoms with E-state index in [9.17, 15) is 22.8 Å². The number of aromatic nitrogens is 2. The molecule has 1 atom stereocenters. The first-order valence-corrected chi connectivity index (χ1v) is 9.64. The van der Waals surface area contributed by atoms with Gasteiger partial charge >= 0.3 is 6.18 Å². The Labute approximate surface area is 177 Å². The molecule has 1 heterocycles. The monoisotopic (exact) mass is 429 g/mol. The van der Waals surface area contributed by atoms with Gasteiger partial charge in [0.15, 0.2) is 0 Å². The van der Waals surface area contributed by atoms with Gasteiger partial charge in [-0.05, 0) is 31.9 Å². The summed E-state index contributed by atoms with van der Waals surface area (Å²) in [4.78, 5) is 31.5. The summed E-state index contributed by atoms with van der Waals surface area (Å²) in [6.45, 7) is 3.94. The van der Waals surface area contributed by atoms with Gasteiger partial charge < -0.3 is 10.3 Å². The maximum absolute atomic E-state index is 13.2. The molecule has 3 rings (SSSR count). The Morgan fingerprint density at radius 1 is 1.03 bits per heavy atom. The summed E-state index contributed by atoms with van der Waals surface area (Å²) in [6.07, 6.45) is -4.38. The second-order valence-electron chi connectivity index (χ2n) is 7.79. The Kier molecular flexibility index (Phi) is 6.01. The molecule has 0 radical (unpaired) electrons. The van der Waals surface area contributed by atoms with E-state index in [0.29, 0.717) is 11.1 Å². The van der Waals surface area contributed by atoms with Crippen molar-refractivity contribution in [2.45, 2.75) is 38.4 Å². The van der Waals surface area contributed by atoms with Crippen LogP contribution in [0.3, 0.4) is 0 Å². The Hall–Kier alpha value is -3.42. The lowest BCUT2D eigenvalue weighted by molar-refractivity contribution is -0.180. The summed E-state index contributed by atoms with van der Waals surface area (Å²) >= 11 is 0. The average Bonchev–Trinajstić information content (AvgIpc) is 2.73. The molecule has 1 amide bonds. The van der Waals surface area contributed by atoms with Crippen molar-refractivity contribution in [3.05, 3.63) is 87.8 Å². The molecule has 5 nitrogen and oxygen atoms in total. The highest BCUT2D eigenvalue weighted by Gasteiger charge is 2.48. The lowest BCUT2D eigenvalue weighted by Gasteiger charge is -2.28. The number of benzene rings is 2. The number of amides is 1. The van der Waals surface area contributed by atoms with E-state index < -0.39 is 29.1 Å². The van der Waals surface area contributed by atoms with Crippen molar-refractivity contribution in [3.8, 4) is 11.4 Å². The van der Waals surface area contributed by atoms with E-state index in [1.54, 1.807) is 43.3 Å². The van der Waals surface area contributed by atoms with E-state index in [-0.39, 0.29) is 17.1 Å². The van der Waals surface area contributed by atoms with Crippen LogP contribution >= 0.6 is 0 Å². The maximum Gasteiger partial charge on any atom is 0.397 e. The van der Waals surface area contributed by atoms with E-state index in [2.05, 4.69) is 15.3 Å². The number of hydrogen-bond acceptors (Lipinski definition) is 3. The van der Waals surface area contributed by atoms with Gasteiger partial charge in [0.2, 0.25) is 0 Å². The lowest BCUT2D eigenvalue weighted by atomic mass is 9.83. The zero-order chi connectivity index (χ0) is 22.8. The van der Waals surface area contributed by atoms with Crippen LogP contribution in [0.5, 0.6) is 0 Å². The topological polar surface area (TPSA) is 74.8 Å². The quantitative estimate of drug-likeness (QED) is 0.614. The van der Waals surface area contributed by atoms with Gasteiger partial charge in [0.05, 0.1) is 11.5 Å². The molecule has 0 saturated carbocycles. The van der Waals surface area contributed by atoms with Crippen LogP contribution in [0, 0.1) is 0 Å². The molecule has 162 valence electrons. The SMILES string of the molecule is C[C@@H](NC(=O)c1cc(=O)[nH]c(-c2ccccc2)n1)c1ccc(C(C)(C)C(F)(F)F)cc1. The van der Waals surface area contributed by atoms with Gasteiger partial charge in [-0.2, -0.15) is 13.2 Å². The van der Waals surface area contributed by atoms with Crippen molar-refractivity contribution >= 4 is 5.91 Å². The molecule has 3 aromatic rings. The van der Waals surface area contributed by atoms with Crippen LogP contribution in [0.15, 0.2) is 65.5 Å². The zero-order valence-corrected chi connectivity index (χ0v) is 17.2. The highest BCUT2D eigenvalue weighted by molar-refractivity contribution is 5.92. The minimum absolute atomic E-state index is 0.0516. The van der Waals surface area contributed by atoms with Gasteiger partial charge in [-0.15, -0.1) is 0 Å². The number of hydrogen-bond donors (Lipinski definition) is 2. The van der Waals surface area contributed by atoms with Crippen molar-refractivity contribution in [1.82, 2.24) is 15.3 Å². The van der Waals surface area contributed by atoms with Crippen molar-refractivity contribution in [2.75, 3.05) is 0 Å². The van der Waals surface area contributed by atoms with Crippen LogP contribution in [0.25, 0.3) is 11.4 Å². The lowest BCUT2D eigenvalue weighted by Crippen LogP contribution is -2.36. The molecule has 2 N–H and O–H groups in total. The van der Waals surface area contributed by atoms with Gasteiger partial charge in [-0.25, -0.2) is 4.98 Å². The first-order chi connectivity index (χ1) is 14.5. The molecule has 0 aliphatic rings. The highest BCUT2D eigenvalue weighted by atomic mass is 19.4. The molecule has 8 heteroatoms. The first kappa shape index (κ1) is 22.3. The fourth-order valence-electron chi connectivity index (χ4n) is 3.01. The second-order valence-corrected chi connectivity index (χ2v) is 7.79. The summed E-state index contributed by atoms with van der Waals surface area (Å²) in [7, 11) is 0.